The SMILES string of the molecule is CC(O)C#Cc1ccc2[nH]c(C(=O)N3CCOCC3)c(-c3ccncn3)c2c1. The molecule has 0 saturated carbocycles. The van der Waals surface area contributed by atoms with E-state index in [-0.39, 0.29) is 5.91 Å². The summed E-state index contributed by atoms with van der Waals surface area (Å²) in [5.74, 6) is 5.63. The van der Waals surface area contributed by atoms with Crippen LogP contribution >= 0.6 is 0 Å². The monoisotopic (exact) mass is 376 g/mol. The molecule has 1 unspecified atom stereocenters. The quantitative estimate of drug-likeness (QED) is 0.666. The van der Waals surface area contributed by atoms with E-state index in [0.29, 0.717) is 37.7 Å². The van der Waals surface area contributed by atoms with Crippen LogP contribution in [0.25, 0.3) is 22.2 Å². The number of morpholine rings is 1. The second-order valence-corrected chi connectivity index (χ2v) is 6.58. The number of fused-ring (bicyclic) bond motifs is 1. The van der Waals surface area contributed by atoms with Crippen LogP contribution in [0.15, 0.2) is 36.8 Å². The maximum absolute atomic E-state index is 13.2. The Morgan fingerprint density at radius 1 is 1.32 bits per heavy atom. The van der Waals surface area contributed by atoms with E-state index < -0.39 is 6.10 Å². The summed E-state index contributed by atoms with van der Waals surface area (Å²) in [7, 11) is 0. The number of nitrogens with one attached hydrogen (secondary N) is 1. The normalized spacial score (nSPS) is 15.1. The highest BCUT2D eigenvalue weighted by atomic mass is 16.5. The number of ether oxygens (including phenoxy) is 1. The Morgan fingerprint density at radius 3 is 2.86 bits per heavy atom. The number of hydrogen-bond donors (Lipinski definition) is 2. The van der Waals surface area contributed by atoms with Gasteiger partial charge in [0.05, 0.1) is 18.9 Å². The first kappa shape index (κ1) is 18.2. The van der Waals surface area contributed by atoms with E-state index in [1.165, 1.54) is 6.33 Å². The molecule has 0 spiro atoms. The minimum absolute atomic E-state index is 0.0790. The molecular formula is C21H20N4O3. The van der Waals surface area contributed by atoms with Crippen molar-refractivity contribution in [2.24, 2.45) is 0 Å². The summed E-state index contributed by atoms with van der Waals surface area (Å²) >= 11 is 0. The third-order valence-corrected chi connectivity index (χ3v) is 4.57. The second-order valence-electron chi connectivity index (χ2n) is 6.58. The molecule has 142 valence electrons. The zero-order chi connectivity index (χ0) is 19.5. The fourth-order valence-corrected chi connectivity index (χ4v) is 3.25. The number of aromatic nitrogens is 3. The average molecular weight is 376 g/mol. The lowest BCUT2D eigenvalue weighted by Gasteiger charge is -2.26. The average Bonchev–Trinajstić information content (AvgIpc) is 3.11. The fraction of sp³-hybridized carbons (Fsp3) is 0.286. The number of carbonyl (C=O) groups excluding carboxylic acids is 1. The Balaban J connectivity index is 1.87. The van der Waals surface area contributed by atoms with Crippen LogP contribution in [0.3, 0.4) is 0 Å². The summed E-state index contributed by atoms with van der Waals surface area (Å²) in [5.41, 5.74) is 3.48. The number of carbonyl (C=O) groups is 1. The number of amides is 1. The van der Waals surface area contributed by atoms with Crippen LogP contribution in [0, 0.1) is 11.8 Å². The number of aliphatic hydroxyl groups excluding tert-OH is 1. The number of nitrogens with zero attached hydrogens (tertiary/aromatic N) is 3. The molecule has 0 bridgehead atoms. The van der Waals surface area contributed by atoms with E-state index in [9.17, 15) is 9.90 Å². The minimum atomic E-state index is -0.707. The molecular weight excluding hydrogens is 356 g/mol. The maximum atomic E-state index is 13.2. The van der Waals surface area contributed by atoms with Crippen molar-refractivity contribution in [2.45, 2.75) is 13.0 Å². The van der Waals surface area contributed by atoms with Crippen molar-refractivity contribution in [2.75, 3.05) is 26.3 Å². The van der Waals surface area contributed by atoms with Gasteiger partial charge in [-0.1, -0.05) is 11.8 Å². The van der Waals surface area contributed by atoms with Gasteiger partial charge in [0.15, 0.2) is 0 Å². The molecule has 7 nitrogen and oxygen atoms in total. The van der Waals surface area contributed by atoms with Crippen LogP contribution < -0.4 is 0 Å². The molecule has 1 aromatic carbocycles. The van der Waals surface area contributed by atoms with Gasteiger partial charge in [-0.2, -0.15) is 0 Å². The summed E-state index contributed by atoms with van der Waals surface area (Å²) in [4.78, 5) is 26.6. The molecule has 1 saturated heterocycles. The first-order valence-electron chi connectivity index (χ1n) is 9.12. The Morgan fingerprint density at radius 2 is 2.14 bits per heavy atom. The molecule has 3 heterocycles. The third kappa shape index (κ3) is 3.60. The van der Waals surface area contributed by atoms with Gasteiger partial charge in [0, 0.05) is 41.3 Å². The molecule has 2 N–H and O–H groups in total. The number of aliphatic hydroxyl groups is 1. The number of benzene rings is 1. The van der Waals surface area contributed by atoms with Gasteiger partial charge in [0.2, 0.25) is 0 Å². The van der Waals surface area contributed by atoms with Gasteiger partial charge in [-0.15, -0.1) is 0 Å². The highest BCUT2D eigenvalue weighted by Crippen LogP contribution is 2.32. The first-order valence-corrected chi connectivity index (χ1v) is 9.12. The van der Waals surface area contributed by atoms with Gasteiger partial charge >= 0.3 is 0 Å². The van der Waals surface area contributed by atoms with E-state index >= 15 is 0 Å². The largest absolute Gasteiger partial charge is 0.381 e. The topological polar surface area (TPSA) is 91.3 Å². The molecule has 1 aliphatic heterocycles. The summed E-state index contributed by atoms with van der Waals surface area (Å²) < 4.78 is 5.36. The van der Waals surface area contributed by atoms with Crippen molar-refractivity contribution in [3.05, 3.63) is 48.0 Å². The van der Waals surface area contributed by atoms with Gasteiger partial charge in [0.1, 0.15) is 18.1 Å². The van der Waals surface area contributed by atoms with Crippen LogP contribution in [0.2, 0.25) is 0 Å². The van der Waals surface area contributed by atoms with Crippen molar-refractivity contribution in [1.82, 2.24) is 19.9 Å². The molecule has 1 atom stereocenters. The van der Waals surface area contributed by atoms with Crippen LogP contribution in [0.1, 0.15) is 23.0 Å². The third-order valence-electron chi connectivity index (χ3n) is 4.57. The van der Waals surface area contributed by atoms with Gasteiger partial charge in [-0.3, -0.25) is 4.79 Å². The lowest BCUT2D eigenvalue weighted by atomic mass is 10.0. The predicted octanol–water partition coefficient (Wildman–Crippen LogP) is 1.83. The van der Waals surface area contributed by atoms with Crippen LogP contribution in [0.4, 0.5) is 0 Å². The molecule has 0 radical (unpaired) electrons. The maximum Gasteiger partial charge on any atom is 0.271 e. The molecule has 3 aromatic rings. The zero-order valence-electron chi connectivity index (χ0n) is 15.5. The molecule has 1 fully saturated rings. The number of aromatic amines is 1. The zero-order valence-corrected chi connectivity index (χ0v) is 15.5. The highest BCUT2D eigenvalue weighted by molar-refractivity contribution is 6.09. The number of H-pyrrole nitrogens is 1. The Hall–Kier alpha value is -3.21. The van der Waals surface area contributed by atoms with Crippen molar-refractivity contribution < 1.29 is 14.6 Å². The molecule has 7 heteroatoms. The van der Waals surface area contributed by atoms with Crippen molar-refractivity contribution in [1.29, 1.82) is 0 Å². The van der Waals surface area contributed by atoms with E-state index in [4.69, 9.17) is 4.74 Å². The Bertz CT molecular complexity index is 1060. The van der Waals surface area contributed by atoms with E-state index in [1.807, 2.05) is 18.2 Å². The Labute approximate surface area is 162 Å². The predicted molar refractivity (Wildman–Crippen MR) is 105 cm³/mol. The van der Waals surface area contributed by atoms with Gasteiger partial charge < -0.3 is 19.7 Å². The van der Waals surface area contributed by atoms with Crippen LogP contribution in [-0.2, 0) is 4.74 Å². The number of rotatable bonds is 2. The molecule has 28 heavy (non-hydrogen) atoms. The first-order chi connectivity index (χ1) is 13.6. The van der Waals surface area contributed by atoms with Crippen LogP contribution in [0.5, 0.6) is 0 Å². The minimum Gasteiger partial charge on any atom is -0.381 e. The van der Waals surface area contributed by atoms with Crippen molar-refractivity contribution >= 4 is 16.8 Å². The van der Waals surface area contributed by atoms with Gasteiger partial charge in [-0.25, -0.2) is 9.97 Å². The van der Waals surface area contributed by atoms with E-state index in [0.717, 1.165) is 22.0 Å². The summed E-state index contributed by atoms with van der Waals surface area (Å²) in [6.45, 7) is 3.81. The number of hydrogen-bond acceptors (Lipinski definition) is 5. The summed E-state index contributed by atoms with van der Waals surface area (Å²) in [5, 5.41) is 10.3. The smallest absolute Gasteiger partial charge is 0.271 e. The molecule has 1 amide bonds. The second kappa shape index (κ2) is 7.80. The van der Waals surface area contributed by atoms with Gasteiger partial charge in [0.25, 0.3) is 5.91 Å². The fourth-order valence-electron chi connectivity index (χ4n) is 3.25. The van der Waals surface area contributed by atoms with Crippen molar-refractivity contribution in [3.63, 3.8) is 0 Å². The molecule has 2 aromatic heterocycles. The van der Waals surface area contributed by atoms with Gasteiger partial charge in [-0.05, 0) is 31.2 Å². The lowest BCUT2D eigenvalue weighted by Crippen LogP contribution is -2.41. The van der Waals surface area contributed by atoms with Crippen LogP contribution in [-0.4, -0.2) is 63.3 Å². The van der Waals surface area contributed by atoms with E-state index in [2.05, 4.69) is 26.8 Å². The standard InChI is InChI=1S/C21H20N4O3/c1-14(26)2-3-15-4-5-17-16(12-15)19(18-6-7-22-13-23-18)20(24-17)21(27)25-8-10-28-11-9-25/h4-7,12-14,24,26H,8-11H2,1H3. The van der Waals surface area contributed by atoms with Crippen molar-refractivity contribution in [3.8, 4) is 23.1 Å². The molecule has 4 rings (SSSR count). The molecule has 0 aliphatic carbocycles. The van der Waals surface area contributed by atoms with E-state index in [1.54, 1.807) is 24.1 Å². The lowest BCUT2D eigenvalue weighted by molar-refractivity contribution is 0.0300. The Kier molecular flexibility index (Phi) is 5.06. The summed E-state index contributed by atoms with van der Waals surface area (Å²) in [6.07, 6.45) is 2.41. The highest BCUT2D eigenvalue weighted by Gasteiger charge is 2.25. The molecule has 1 aliphatic rings. The summed E-state index contributed by atoms with van der Waals surface area (Å²) in [6, 6.07) is 7.45.